The van der Waals surface area contributed by atoms with Gasteiger partial charge in [-0.05, 0) is 55.7 Å². The zero-order valence-electron chi connectivity index (χ0n) is 19.9. The number of fused-ring (bicyclic) bond motifs is 1. The van der Waals surface area contributed by atoms with E-state index in [1.807, 2.05) is 24.3 Å². The first-order valence-corrected chi connectivity index (χ1v) is 12.4. The Hall–Kier alpha value is -2.35. The van der Waals surface area contributed by atoms with Gasteiger partial charge in [0.1, 0.15) is 0 Å². The molecule has 0 N–H and O–H groups in total. The lowest BCUT2D eigenvalue weighted by atomic mass is 10.1. The Morgan fingerprint density at radius 3 is 2.39 bits per heavy atom. The minimum atomic E-state index is -1.39. The Morgan fingerprint density at radius 2 is 1.76 bits per heavy atom. The van der Waals surface area contributed by atoms with E-state index in [-0.39, 0.29) is 11.9 Å². The number of amides is 1. The van der Waals surface area contributed by atoms with E-state index in [0.717, 1.165) is 53.1 Å². The van der Waals surface area contributed by atoms with E-state index in [4.69, 9.17) is 14.2 Å². The molecule has 33 heavy (non-hydrogen) atoms. The molecule has 3 rings (SSSR count). The molecule has 0 fully saturated rings. The molecular weight excluding hydrogens is 438 g/mol. The zero-order valence-corrected chi connectivity index (χ0v) is 20.7. The highest BCUT2D eigenvalue weighted by molar-refractivity contribution is 7.99. The van der Waals surface area contributed by atoms with Gasteiger partial charge in [0.2, 0.25) is 0 Å². The quantitative estimate of drug-likeness (QED) is 0.184. The minimum absolute atomic E-state index is 0.164. The van der Waals surface area contributed by atoms with E-state index in [0.29, 0.717) is 18.7 Å². The van der Waals surface area contributed by atoms with Crippen LogP contribution in [0.4, 0.5) is 5.69 Å². The number of esters is 1. The first kappa shape index (κ1) is 25.3. The Bertz CT molecular complexity index is 956. The molecule has 0 aromatic heterocycles. The van der Waals surface area contributed by atoms with Crippen molar-refractivity contribution in [1.82, 2.24) is 0 Å². The summed E-state index contributed by atoms with van der Waals surface area (Å²) in [5, 5.41) is 0. The van der Waals surface area contributed by atoms with Crippen LogP contribution in [0, 0.1) is 0 Å². The van der Waals surface area contributed by atoms with E-state index in [9.17, 15) is 9.59 Å². The fourth-order valence-electron chi connectivity index (χ4n) is 4.03. The number of aryl methyl sites for hydroxylation is 1. The number of benzene rings is 2. The summed E-state index contributed by atoms with van der Waals surface area (Å²) in [6.07, 6.45) is 3.96. The van der Waals surface area contributed by atoms with Crippen molar-refractivity contribution in [3.63, 3.8) is 0 Å². The third-order valence-electron chi connectivity index (χ3n) is 5.82. The smallest absolute Gasteiger partial charge is 0.338 e. The molecule has 0 bridgehead atoms. The van der Waals surface area contributed by atoms with Gasteiger partial charge in [-0.2, -0.15) is 0 Å². The van der Waals surface area contributed by atoms with Gasteiger partial charge in [-0.15, -0.1) is 11.8 Å². The lowest BCUT2D eigenvalue weighted by molar-refractivity contribution is -0.209. The average molecular weight is 472 g/mol. The molecule has 0 aliphatic carbocycles. The maximum atomic E-state index is 13.2. The topological polar surface area (TPSA) is 65.1 Å². The lowest BCUT2D eigenvalue weighted by Gasteiger charge is -2.25. The van der Waals surface area contributed by atoms with Crippen molar-refractivity contribution in [2.45, 2.75) is 50.2 Å². The van der Waals surface area contributed by atoms with Crippen molar-refractivity contribution >= 4 is 29.3 Å². The monoisotopic (exact) mass is 471 g/mol. The largest absolute Gasteiger partial charge is 0.462 e. The number of carbonyl (C=O) groups excluding carboxylic acids is 2. The van der Waals surface area contributed by atoms with Crippen molar-refractivity contribution in [1.29, 1.82) is 0 Å². The standard InChI is InChI=1S/C26H33NO5S/c1-5-7-8-16-27-23-14-13-21(18-22(23)26(30-3,31-4)25(27)29)33-17-15-19-9-11-20(12-10-19)24(28)32-6-2/h9-14,18H,5-8,15-17H2,1-4H3. The second-order valence-electron chi connectivity index (χ2n) is 7.88. The molecule has 0 unspecified atom stereocenters. The van der Waals surface area contributed by atoms with Gasteiger partial charge in [-0.3, -0.25) is 4.79 Å². The highest BCUT2D eigenvalue weighted by atomic mass is 32.2. The predicted molar refractivity (Wildman–Crippen MR) is 131 cm³/mol. The molecule has 178 valence electrons. The normalized spacial score (nSPS) is 14.4. The van der Waals surface area contributed by atoms with Crippen molar-refractivity contribution < 1.29 is 23.8 Å². The van der Waals surface area contributed by atoms with Crippen LogP contribution in [0.3, 0.4) is 0 Å². The van der Waals surface area contributed by atoms with Crippen LogP contribution >= 0.6 is 11.8 Å². The molecule has 1 aliphatic heterocycles. The Morgan fingerprint density at radius 1 is 1.03 bits per heavy atom. The number of rotatable bonds is 12. The van der Waals surface area contributed by atoms with Gasteiger partial charge in [-0.1, -0.05) is 31.9 Å². The second-order valence-corrected chi connectivity index (χ2v) is 9.05. The number of unbranched alkanes of at least 4 members (excludes halogenated alkanes) is 2. The summed E-state index contributed by atoms with van der Waals surface area (Å²) in [6, 6.07) is 13.6. The number of nitrogens with zero attached hydrogens (tertiary/aromatic N) is 1. The third kappa shape index (κ3) is 5.42. The molecule has 2 aromatic rings. The molecule has 6 nitrogen and oxygen atoms in total. The van der Waals surface area contributed by atoms with Crippen molar-refractivity contribution in [3.05, 3.63) is 59.2 Å². The van der Waals surface area contributed by atoms with Gasteiger partial charge < -0.3 is 19.1 Å². The third-order valence-corrected chi connectivity index (χ3v) is 6.82. The second kappa shape index (κ2) is 11.7. The van der Waals surface area contributed by atoms with E-state index in [2.05, 4.69) is 13.0 Å². The molecule has 0 atom stereocenters. The highest BCUT2D eigenvalue weighted by Gasteiger charge is 2.52. The zero-order chi connectivity index (χ0) is 23.8. The highest BCUT2D eigenvalue weighted by Crippen LogP contribution is 2.44. The molecule has 0 radical (unpaired) electrons. The van der Waals surface area contributed by atoms with Crippen molar-refractivity contribution in [2.75, 3.05) is 38.0 Å². The molecule has 1 heterocycles. The van der Waals surface area contributed by atoms with Gasteiger partial charge in [0.25, 0.3) is 11.7 Å². The van der Waals surface area contributed by atoms with Gasteiger partial charge in [0.15, 0.2) is 0 Å². The fourth-order valence-corrected chi connectivity index (χ4v) is 4.97. The molecule has 0 spiro atoms. The minimum Gasteiger partial charge on any atom is -0.462 e. The van der Waals surface area contributed by atoms with E-state index in [1.54, 1.807) is 35.7 Å². The Kier molecular flexibility index (Phi) is 8.95. The predicted octanol–water partition coefficient (Wildman–Crippen LogP) is 5.18. The van der Waals surface area contributed by atoms with Crippen LogP contribution in [0.2, 0.25) is 0 Å². The number of thioether (sulfide) groups is 1. The number of carbonyl (C=O) groups is 2. The van der Waals surface area contributed by atoms with Crippen LogP contribution in [-0.4, -0.2) is 45.0 Å². The van der Waals surface area contributed by atoms with Crippen LogP contribution in [-0.2, 0) is 31.2 Å². The van der Waals surface area contributed by atoms with E-state index in [1.165, 1.54) is 14.2 Å². The molecule has 7 heteroatoms. The summed E-state index contributed by atoms with van der Waals surface area (Å²) in [7, 11) is 3.03. The summed E-state index contributed by atoms with van der Waals surface area (Å²) >= 11 is 1.71. The summed E-state index contributed by atoms with van der Waals surface area (Å²) in [5.41, 5.74) is 3.34. The first-order chi connectivity index (χ1) is 16.0. The van der Waals surface area contributed by atoms with Crippen LogP contribution in [0.15, 0.2) is 47.4 Å². The van der Waals surface area contributed by atoms with E-state index >= 15 is 0 Å². The summed E-state index contributed by atoms with van der Waals surface area (Å²) in [6.45, 7) is 4.97. The van der Waals surface area contributed by atoms with Crippen molar-refractivity contribution in [2.24, 2.45) is 0 Å². The van der Waals surface area contributed by atoms with Crippen LogP contribution in [0.25, 0.3) is 0 Å². The number of anilines is 1. The number of methoxy groups -OCH3 is 2. The molecule has 1 aliphatic rings. The number of hydrogen-bond acceptors (Lipinski definition) is 6. The van der Waals surface area contributed by atoms with E-state index < -0.39 is 5.79 Å². The number of ether oxygens (including phenoxy) is 3. The Balaban J connectivity index is 1.69. The molecular formula is C26H33NO5S. The SMILES string of the molecule is CCCCCN1C(=O)C(OC)(OC)c2cc(SCCc3ccc(C(=O)OCC)cc3)ccc21. The van der Waals surface area contributed by atoms with Crippen LogP contribution < -0.4 is 4.90 Å². The summed E-state index contributed by atoms with van der Waals surface area (Å²) in [4.78, 5) is 27.8. The van der Waals surface area contributed by atoms with Crippen LogP contribution in [0.1, 0.15) is 54.6 Å². The lowest BCUT2D eigenvalue weighted by Crippen LogP contribution is -2.43. The van der Waals surface area contributed by atoms with Crippen molar-refractivity contribution in [3.8, 4) is 0 Å². The van der Waals surface area contributed by atoms with Gasteiger partial charge >= 0.3 is 5.97 Å². The summed E-state index contributed by atoms with van der Waals surface area (Å²) in [5.74, 6) is -0.989. The van der Waals surface area contributed by atoms with Gasteiger partial charge in [0.05, 0.1) is 17.9 Å². The van der Waals surface area contributed by atoms with Crippen LogP contribution in [0.5, 0.6) is 0 Å². The molecule has 1 amide bonds. The van der Waals surface area contributed by atoms with Gasteiger partial charge in [0, 0.05) is 37.0 Å². The number of hydrogen-bond donors (Lipinski definition) is 0. The maximum Gasteiger partial charge on any atom is 0.338 e. The maximum absolute atomic E-state index is 13.2. The molecule has 2 aromatic carbocycles. The Labute approximate surface area is 200 Å². The molecule has 0 saturated heterocycles. The van der Waals surface area contributed by atoms with Gasteiger partial charge in [-0.25, -0.2) is 4.79 Å². The average Bonchev–Trinajstić information content (AvgIpc) is 3.07. The summed E-state index contributed by atoms with van der Waals surface area (Å²) < 4.78 is 16.3. The fraction of sp³-hybridized carbons (Fsp3) is 0.462. The first-order valence-electron chi connectivity index (χ1n) is 11.5. The molecule has 0 saturated carbocycles.